The van der Waals surface area contributed by atoms with Gasteiger partial charge < -0.3 is 9.64 Å². The van der Waals surface area contributed by atoms with E-state index in [1.54, 1.807) is 4.90 Å². The van der Waals surface area contributed by atoms with Crippen molar-refractivity contribution in [2.45, 2.75) is 13.0 Å². The molecule has 2 rings (SSSR count). The van der Waals surface area contributed by atoms with Gasteiger partial charge in [-0.2, -0.15) is 0 Å². The van der Waals surface area contributed by atoms with E-state index in [9.17, 15) is 4.79 Å². The molecule has 1 unspecified atom stereocenters. The second kappa shape index (κ2) is 4.39. The molecule has 1 amide bonds. The average Bonchev–Trinajstić information content (AvgIpc) is 2.49. The molecule has 0 spiro atoms. The molecule has 0 bridgehead atoms. The summed E-state index contributed by atoms with van der Waals surface area (Å²) < 4.78 is 5.62. The summed E-state index contributed by atoms with van der Waals surface area (Å²) >= 11 is 0. The summed E-state index contributed by atoms with van der Waals surface area (Å²) in [5.74, 6) is 0.821. The molecule has 3 nitrogen and oxygen atoms in total. The van der Waals surface area contributed by atoms with Crippen molar-refractivity contribution in [3.63, 3.8) is 0 Å². The number of para-hydroxylation sites is 1. The summed E-state index contributed by atoms with van der Waals surface area (Å²) in [7, 11) is 0. The Hall–Kier alpha value is -1.77. The second-order valence-electron chi connectivity index (χ2n) is 3.80. The van der Waals surface area contributed by atoms with Crippen LogP contribution in [0.1, 0.15) is 18.5 Å². The molecule has 0 radical (unpaired) electrons. The zero-order valence-electron chi connectivity index (χ0n) is 9.35. The molecule has 0 aliphatic carbocycles. The molecule has 1 heterocycles. The van der Waals surface area contributed by atoms with Gasteiger partial charge in [0.15, 0.2) is 0 Å². The molecule has 3 heteroatoms. The second-order valence-corrected chi connectivity index (χ2v) is 3.80. The topological polar surface area (TPSA) is 29.5 Å². The molecule has 1 aliphatic rings. The van der Waals surface area contributed by atoms with Crippen LogP contribution in [0.4, 0.5) is 0 Å². The minimum absolute atomic E-state index is 0.0317. The first-order valence-electron chi connectivity index (χ1n) is 5.39. The summed E-state index contributed by atoms with van der Waals surface area (Å²) in [6.45, 7) is 6.66. The third-order valence-corrected chi connectivity index (χ3v) is 2.88. The van der Waals surface area contributed by atoms with Crippen molar-refractivity contribution in [1.29, 1.82) is 0 Å². The number of hydrogen-bond donors (Lipinski definition) is 0. The third-order valence-electron chi connectivity index (χ3n) is 2.88. The van der Waals surface area contributed by atoms with E-state index in [0.717, 1.165) is 11.3 Å². The fourth-order valence-corrected chi connectivity index (χ4v) is 1.99. The van der Waals surface area contributed by atoms with Crippen LogP contribution in [0, 0.1) is 0 Å². The number of fused-ring (bicyclic) bond motifs is 1. The Morgan fingerprint density at radius 2 is 2.31 bits per heavy atom. The highest BCUT2D eigenvalue weighted by atomic mass is 16.5. The normalized spacial score (nSPS) is 19.3. The van der Waals surface area contributed by atoms with Crippen LogP contribution in [0.15, 0.2) is 36.9 Å². The number of nitrogens with zero attached hydrogens (tertiary/aromatic N) is 1. The predicted octanol–water partition coefficient (Wildman–Crippen LogP) is 2.15. The van der Waals surface area contributed by atoms with E-state index in [4.69, 9.17) is 4.74 Å². The van der Waals surface area contributed by atoms with Gasteiger partial charge in [0.05, 0.1) is 12.6 Å². The molecule has 16 heavy (non-hydrogen) atoms. The SMILES string of the molecule is C=CC(=O)N1CCOc2ccccc2C1C. The highest BCUT2D eigenvalue weighted by molar-refractivity contribution is 5.87. The van der Waals surface area contributed by atoms with Gasteiger partial charge in [-0.15, -0.1) is 0 Å². The Bertz CT molecular complexity index is 414. The Morgan fingerprint density at radius 3 is 3.06 bits per heavy atom. The lowest BCUT2D eigenvalue weighted by molar-refractivity contribution is -0.128. The van der Waals surface area contributed by atoms with Crippen LogP contribution in [-0.4, -0.2) is 24.0 Å². The molecule has 0 saturated heterocycles. The smallest absolute Gasteiger partial charge is 0.246 e. The first-order valence-corrected chi connectivity index (χ1v) is 5.39. The van der Waals surface area contributed by atoms with E-state index in [0.29, 0.717) is 13.2 Å². The molecule has 0 aromatic heterocycles. The van der Waals surface area contributed by atoms with Crippen molar-refractivity contribution in [3.8, 4) is 5.75 Å². The maximum atomic E-state index is 11.7. The minimum Gasteiger partial charge on any atom is -0.491 e. The van der Waals surface area contributed by atoms with Crippen molar-refractivity contribution in [1.82, 2.24) is 4.90 Å². The van der Waals surface area contributed by atoms with Gasteiger partial charge in [-0.1, -0.05) is 24.8 Å². The van der Waals surface area contributed by atoms with Crippen LogP contribution < -0.4 is 4.74 Å². The van der Waals surface area contributed by atoms with E-state index in [1.165, 1.54) is 6.08 Å². The predicted molar refractivity (Wildman–Crippen MR) is 62.3 cm³/mol. The minimum atomic E-state index is -0.0483. The van der Waals surface area contributed by atoms with Gasteiger partial charge in [-0.25, -0.2) is 0 Å². The van der Waals surface area contributed by atoms with Gasteiger partial charge in [-0.05, 0) is 19.1 Å². The van der Waals surface area contributed by atoms with Gasteiger partial charge >= 0.3 is 0 Å². The number of carbonyl (C=O) groups is 1. The molecule has 1 aliphatic heterocycles. The van der Waals surface area contributed by atoms with E-state index >= 15 is 0 Å². The zero-order chi connectivity index (χ0) is 11.5. The van der Waals surface area contributed by atoms with Gasteiger partial charge in [-0.3, -0.25) is 4.79 Å². The quantitative estimate of drug-likeness (QED) is 0.675. The zero-order valence-corrected chi connectivity index (χ0v) is 9.35. The molecule has 0 fully saturated rings. The number of carbonyl (C=O) groups excluding carboxylic acids is 1. The maximum Gasteiger partial charge on any atom is 0.246 e. The molecule has 1 aromatic rings. The summed E-state index contributed by atoms with van der Waals surface area (Å²) in [6, 6.07) is 7.86. The summed E-state index contributed by atoms with van der Waals surface area (Å²) in [5.41, 5.74) is 1.05. The van der Waals surface area contributed by atoms with Crippen LogP contribution >= 0.6 is 0 Å². The monoisotopic (exact) mass is 217 g/mol. The lowest BCUT2D eigenvalue weighted by Gasteiger charge is -2.25. The fourth-order valence-electron chi connectivity index (χ4n) is 1.99. The Morgan fingerprint density at radius 1 is 1.56 bits per heavy atom. The summed E-state index contributed by atoms with van der Waals surface area (Å²) in [4.78, 5) is 13.5. The molecule has 0 saturated carbocycles. The van der Waals surface area contributed by atoms with Crippen LogP contribution in [0.5, 0.6) is 5.75 Å². The first kappa shape index (κ1) is 10.7. The molecule has 0 N–H and O–H groups in total. The number of ether oxygens (including phenoxy) is 1. The fraction of sp³-hybridized carbons (Fsp3) is 0.308. The van der Waals surface area contributed by atoms with Gasteiger partial charge in [0.2, 0.25) is 5.91 Å². The summed E-state index contributed by atoms with van der Waals surface area (Å²) in [5, 5.41) is 0. The van der Waals surface area contributed by atoms with Crippen LogP contribution in [0.2, 0.25) is 0 Å². The number of benzene rings is 1. The van der Waals surface area contributed by atoms with Gasteiger partial charge in [0, 0.05) is 5.56 Å². The van der Waals surface area contributed by atoms with E-state index < -0.39 is 0 Å². The van der Waals surface area contributed by atoms with Gasteiger partial charge in [0.1, 0.15) is 12.4 Å². The molecule has 1 aromatic carbocycles. The average molecular weight is 217 g/mol. The van der Waals surface area contributed by atoms with Crippen molar-refractivity contribution in [2.75, 3.05) is 13.2 Å². The lowest BCUT2D eigenvalue weighted by Crippen LogP contribution is -2.33. The van der Waals surface area contributed by atoms with Crippen LogP contribution in [-0.2, 0) is 4.79 Å². The Kier molecular flexibility index (Phi) is 2.95. The number of amides is 1. The van der Waals surface area contributed by atoms with E-state index in [2.05, 4.69) is 6.58 Å². The largest absolute Gasteiger partial charge is 0.491 e. The van der Waals surface area contributed by atoms with Crippen molar-refractivity contribution in [3.05, 3.63) is 42.5 Å². The van der Waals surface area contributed by atoms with E-state index in [1.807, 2.05) is 31.2 Å². The third kappa shape index (κ3) is 1.81. The highest BCUT2D eigenvalue weighted by Gasteiger charge is 2.24. The standard InChI is InChI=1S/C13H15NO2/c1-3-13(15)14-8-9-16-12-7-5-4-6-11(12)10(14)2/h3-7,10H,1,8-9H2,2H3. The van der Waals surface area contributed by atoms with E-state index in [-0.39, 0.29) is 11.9 Å². The Labute approximate surface area is 95.3 Å². The van der Waals surface area contributed by atoms with Crippen molar-refractivity contribution >= 4 is 5.91 Å². The molecule has 1 atom stereocenters. The molecule has 84 valence electrons. The first-order chi connectivity index (χ1) is 7.74. The Balaban J connectivity index is 2.36. The maximum absolute atomic E-state index is 11.7. The van der Waals surface area contributed by atoms with Gasteiger partial charge in [0.25, 0.3) is 0 Å². The summed E-state index contributed by atoms with van der Waals surface area (Å²) in [6.07, 6.45) is 1.35. The molecular formula is C13H15NO2. The number of hydrogen-bond acceptors (Lipinski definition) is 2. The highest BCUT2D eigenvalue weighted by Crippen LogP contribution is 2.31. The van der Waals surface area contributed by atoms with Crippen molar-refractivity contribution in [2.24, 2.45) is 0 Å². The van der Waals surface area contributed by atoms with Crippen LogP contribution in [0.25, 0.3) is 0 Å². The molecular weight excluding hydrogens is 202 g/mol. The number of rotatable bonds is 1. The van der Waals surface area contributed by atoms with Crippen LogP contribution in [0.3, 0.4) is 0 Å². The lowest BCUT2D eigenvalue weighted by atomic mass is 10.1. The van der Waals surface area contributed by atoms with Crippen molar-refractivity contribution < 1.29 is 9.53 Å².